The molecule has 0 heterocycles. The van der Waals surface area contributed by atoms with E-state index in [0.29, 0.717) is 17.2 Å². The minimum absolute atomic E-state index is 0.101. The minimum atomic E-state index is -3.58. The molecular formula is C20H26N2O5S. The van der Waals surface area contributed by atoms with Crippen molar-refractivity contribution in [2.75, 3.05) is 36.6 Å². The number of carbonyl (C=O) groups is 1. The van der Waals surface area contributed by atoms with Crippen molar-refractivity contribution in [1.29, 1.82) is 0 Å². The number of nitrogens with one attached hydrogen (secondary N) is 1. The zero-order chi connectivity index (χ0) is 21.1. The van der Waals surface area contributed by atoms with Gasteiger partial charge in [0.25, 0.3) is 5.91 Å². The molecule has 1 N–H and O–H groups in total. The second-order valence-electron chi connectivity index (χ2n) is 6.36. The molecule has 0 fully saturated rings. The Labute approximate surface area is 166 Å². The van der Waals surface area contributed by atoms with Gasteiger partial charge in [0.15, 0.2) is 11.5 Å². The van der Waals surface area contributed by atoms with Crippen LogP contribution in [0.15, 0.2) is 30.3 Å². The lowest BCUT2D eigenvalue weighted by Gasteiger charge is -2.23. The number of benzene rings is 2. The third-order valence-electron chi connectivity index (χ3n) is 4.51. The summed E-state index contributed by atoms with van der Waals surface area (Å²) in [5, 5.41) is 2.86. The summed E-state index contributed by atoms with van der Waals surface area (Å²) >= 11 is 0. The first-order chi connectivity index (χ1) is 13.1. The molecule has 0 bridgehead atoms. The normalized spacial score (nSPS) is 11.1. The largest absolute Gasteiger partial charge is 0.493 e. The Morgan fingerprint density at radius 1 is 1.07 bits per heavy atom. The third-order valence-corrected chi connectivity index (χ3v) is 6.27. The van der Waals surface area contributed by atoms with Gasteiger partial charge in [-0.3, -0.25) is 9.10 Å². The van der Waals surface area contributed by atoms with Gasteiger partial charge in [-0.15, -0.1) is 0 Å². The predicted octanol–water partition coefficient (Wildman–Crippen LogP) is 3.36. The van der Waals surface area contributed by atoms with Crippen molar-refractivity contribution in [3.8, 4) is 11.5 Å². The Balaban J connectivity index is 2.59. The van der Waals surface area contributed by atoms with Gasteiger partial charge in [0.2, 0.25) is 10.0 Å². The van der Waals surface area contributed by atoms with Gasteiger partial charge in [-0.2, -0.15) is 0 Å². The first-order valence-corrected chi connectivity index (χ1v) is 10.4. The smallest absolute Gasteiger partial charge is 0.257 e. The van der Waals surface area contributed by atoms with E-state index in [4.69, 9.17) is 9.47 Å². The highest BCUT2D eigenvalue weighted by atomic mass is 32.2. The average molecular weight is 407 g/mol. The fourth-order valence-corrected chi connectivity index (χ4v) is 3.55. The van der Waals surface area contributed by atoms with Gasteiger partial charge in [-0.05, 0) is 44.0 Å². The van der Waals surface area contributed by atoms with Crippen LogP contribution in [0.5, 0.6) is 11.5 Å². The van der Waals surface area contributed by atoms with E-state index >= 15 is 0 Å². The van der Waals surface area contributed by atoms with Crippen molar-refractivity contribution < 1.29 is 22.7 Å². The monoisotopic (exact) mass is 406 g/mol. The van der Waals surface area contributed by atoms with Crippen LogP contribution in [-0.2, 0) is 10.0 Å². The summed E-state index contributed by atoms with van der Waals surface area (Å²) in [5.74, 6) is 0.122. The number of hydrogen-bond donors (Lipinski definition) is 1. The SMILES string of the molecule is CCS(=O)(=O)N(C)c1cc(OC)c(OC)cc1C(=O)Nc1cc(C)ccc1C. The number of carbonyl (C=O) groups excluding carboxylic acids is 1. The molecule has 0 saturated heterocycles. The summed E-state index contributed by atoms with van der Waals surface area (Å²) < 4.78 is 36.5. The molecule has 0 unspecified atom stereocenters. The summed E-state index contributed by atoms with van der Waals surface area (Å²) in [6.07, 6.45) is 0. The van der Waals surface area contributed by atoms with Gasteiger partial charge >= 0.3 is 0 Å². The summed E-state index contributed by atoms with van der Waals surface area (Å²) in [6, 6.07) is 8.70. The maximum atomic E-state index is 13.1. The summed E-state index contributed by atoms with van der Waals surface area (Å²) in [7, 11) is 0.734. The van der Waals surface area contributed by atoms with E-state index in [1.165, 1.54) is 33.4 Å². The van der Waals surface area contributed by atoms with Crippen molar-refractivity contribution in [1.82, 2.24) is 0 Å². The number of rotatable bonds is 7. The molecule has 2 rings (SSSR count). The van der Waals surface area contributed by atoms with Crippen LogP contribution < -0.4 is 19.1 Å². The van der Waals surface area contributed by atoms with Crippen molar-refractivity contribution >= 4 is 27.3 Å². The molecule has 0 aromatic heterocycles. The summed E-state index contributed by atoms with van der Waals surface area (Å²) in [4.78, 5) is 13.1. The van der Waals surface area contributed by atoms with Gasteiger partial charge in [-0.1, -0.05) is 12.1 Å². The van der Waals surface area contributed by atoms with Gasteiger partial charge in [-0.25, -0.2) is 8.42 Å². The summed E-state index contributed by atoms with van der Waals surface area (Å²) in [5.41, 5.74) is 2.93. The molecule has 0 spiro atoms. The first-order valence-electron chi connectivity index (χ1n) is 8.75. The maximum Gasteiger partial charge on any atom is 0.257 e. The van der Waals surface area contributed by atoms with Crippen LogP contribution >= 0.6 is 0 Å². The quantitative estimate of drug-likeness (QED) is 0.762. The number of anilines is 2. The van der Waals surface area contributed by atoms with Crippen LogP contribution in [0.25, 0.3) is 0 Å². The number of hydrogen-bond acceptors (Lipinski definition) is 5. The molecule has 0 saturated carbocycles. The minimum Gasteiger partial charge on any atom is -0.493 e. The lowest BCUT2D eigenvalue weighted by molar-refractivity contribution is 0.102. The zero-order valence-corrected chi connectivity index (χ0v) is 17.8. The second kappa shape index (κ2) is 8.52. The molecule has 152 valence electrons. The Hall–Kier alpha value is -2.74. The second-order valence-corrected chi connectivity index (χ2v) is 8.65. The topological polar surface area (TPSA) is 84.9 Å². The Kier molecular flexibility index (Phi) is 6.56. The van der Waals surface area contributed by atoms with Gasteiger partial charge in [0.1, 0.15) is 0 Å². The number of sulfonamides is 1. The maximum absolute atomic E-state index is 13.1. The van der Waals surface area contributed by atoms with Crippen molar-refractivity contribution in [3.63, 3.8) is 0 Å². The van der Waals surface area contributed by atoms with E-state index in [-0.39, 0.29) is 17.0 Å². The van der Waals surface area contributed by atoms with Gasteiger partial charge in [0, 0.05) is 18.8 Å². The van der Waals surface area contributed by atoms with Crippen molar-refractivity contribution in [2.45, 2.75) is 20.8 Å². The lowest BCUT2D eigenvalue weighted by atomic mass is 10.1. The number of amides is 1. The molecule has 2 aromatic rings. The van der Waals surface area contributed by atoms with Crippen LogP contribution in [0.3, 0.4) is 0 Å². The van der Waals surface area contributed by atoms with Gasteiger partial charge in [0.05, 0.1) is 31.2 Å². The molecule has 0 aliphatic carbocycles. The molecule has 8 heteroatoms. The third kappa shape index (κ3) is 4.39. The molecule has 0 aliphatic heterocycles. The number of ether oxygens (including phenoxy) is 2. The molecule has 0 atom stereocenters. The van der Waals surface area contributed by atoms with E-state index < -0.39 is 15.9 Å². The highest BCUT2D eigenvalue weighted by molar-refractivity contribution is 7.92. The molecule has 0 radical (unpaired) electrons. The summed E-state index contributed by atoms with van der Waals surface area (Å²) in [6.45, 7) is 5.36. The molecule has 1 amide bonds. The van der Waals surface area contributed by atoms with Gasteiger partial charge < -0.3 is 14.8 Å². The van der Waals surface area contributed by atoms with Crippen LogP contribution in [0.2, 0.25) is 0 Å². The number of nitrogens with zero attached hydrogens (tertiary/aromatic N) is 1. The highest BCUT2D eigenvalue weighted by Gasteiger charge is 2.25. The Morgan fingerprint density at radius 3 is 2.25 bits per heavy atom. The molecular weight excluding hydrogens is 380 g/mol. The van der Waals surface area contributed by atoms with Crippen LogP contribution in [-0.4, -0.2) is 41.3 Å². The predicted molar refractivity (Wildman–Crippen MR) is 111 cm³/mol. The average Bonchev–Trinajstić information content (AvgIpc) is 2.68. The van der Waals surface area contributed by atoms with Crippen LogP contribution in [0.4, 0.5) is 11.4 Å². The van der Waals surface area contributed by atoms with E-state index in [1.54, 1.807) is 6.92 Å². The van der Waals surface area contributed by atoms with Crippen molar-refractivity contribution in [2.24, 2.45) is 0 Å². The molecule has 28 heavy (non-hydrogen) atoms. The van der Waals surface area contributed by atoms with Crippen LogP contribution in [0, 0.1) is 13.8 Å². The van der Waals surface area contributed by atoms with E-state index in [9.17, 15) is 13.2 Å². The Morgan fingerprint density at radius 2 is 1.68 bits per heavy atom. The van der Waals surface area contributed by atoms with E-state index in [1.807, 2.05) is 32.0 Å². The Bertz CT molecular complexity index is 986. The fraction of sp³-hybridized carbons (Fsp3) is 0.350. The standard InChI is InChI=1S/C20H26N2O5S/c1-7-28(24,25)22(4)17-12-19(27-6)18(26-5)11-15(17)20(23)21-16-10-13(2)8-9-14(16)3/h8-12H,7H2,1-6H3,(H,21,23). The number of aryl methyl sites for hydroxylation is 2. The first kappa shape index (κ1) is 21.6. The molecule has 2 aromatic carbocycles. The van der Waals surface area contributed by atoms with E-state index in [2.05, 4.69) is 5.32 Å². The fourth-order valence-electron chi connectivity index (χ4n) is 2.71. The molecule has 0 aliphatic rings. The highest BCUT2D eigenvalue weighted by Crippen LogP contribution is 2.36. The lowest BCUT2D eigenvalue weighted by Crippen LogP contribution is -2.30. The van der Waals surface area contributed by atoms with Crippen molar-refractivity contribution in [3.05, 3.63) is 47.0 Å². The van der Waals surface area contributed by atoms with Crippen LogP contribution in [0.1, 0.15) is 28.4 Å². The zero-order valence-electron chi connectivity index (χ0n) is 17.0. The molecule has 7 nitrogen and oxygen atoms in total. The number of methoxy groups -OCH3 is 2. The van der Waals surface area contributed by atoms with E-state index in [0.717, 1.165) is 15.4 Å².